The monoisotopic (exact) mass is 265 g/mol. The zero-order chi connectivity index (χ0) is 13.5. The van der Waals surface area contributed by atoms with E-state index < -0.39 is 0 Å². The van der Waals surface area contributed by atoms with Gasteiger partial charge in [0.15, 0.2) is 0 Å². The van der Waals surface area contributed by atoms with Crippen LogP contribution in [0, 0.1) is 0 Å². The van der Waals surface area contributed by atoms with E-state index in [9.17, 15) is 0 Å². The molecule has 7 nitrogen and oxygen atoms in total. The lowest BCUT2D eigenvalue weighted by Crippen LogP contribution is -1.95. The standard InChI is InChI=1S/C13H11N7/c1-19-7-10(6-17-19)11-8-20-12(2-3-16-20)13(18-11)9-4-14-15-5-9/h2-8H,1H3,(H,14,15). The fourth-order valence-corrected chi connectivity index (χ4v) is 2.21. The van der Waals surface area contributed by atoms with Crippen molar-refractivity contribution in [1.82, 2.24) is 34.6 Å². The van der Waals surface area contributed by atoms with E-state index in [4.69, 9.17) is 4.98 Å². The number of H-pyrrole nitrogens is 1. The molecular formula is C13H11N7. The summed E-state index contributed by atoms with van der Waals surface area (Å²) in [5, 5.41) is 15.3. The molecule has 4 heterocycles. The predicted molar refractivity (Wildman–Crippen MR) is 72.8 cm³/mol. The lowest BCUT2D eigenvalue weighted by Gasteiger charge is -2.04. The van der Waals surface area contributed by atoms with Gasteiger partial charge in [-0.3, -0.25) is 9.78 Å². The number of nitrogens with zero attached hydrogens (tertiary/aromatic N) is 6. The van der Waals surface area contributed by atoms with Gasteiger partial charge in [0.25, 0.3) is 0 Å². The van der Waals surface area contributed by atoms with Crippen molar-refractivity contribution in [2.45, 2.75) is 0 Å². The quantitative estimate of drug-likeness (QED) is 0.596. The maximum atomic E-state index is 4.72. The summed E-state index contributed by atoms with van der Waals surface area (Å²) in [6.07, 6.45) is 10.9. The molecule has 0 fully saturated rings. The molecule has 7 heteroatoms. The molecule has 20 heavy (non-hydrogen) atoms. The van der Waals surface area contributed by atoms with Crippen LogP contribution in [0.4, 0.5) is 0 Å². The summed E-state index contributed by atoms with van der Waals surface area (Å²) in [5.41, 5.74) is 4.50. The first-order valence-electron chi connectivity index (χ1n) is 6.14. The highest BCUT2D eigenvalue weighted by Crippen LogP contribution is 2.25. The maximum Gasteiger partial charge on any atom is 0.0999 e. The van der Waals surface area contributed by atoms with E-state index in [1.54, 1.807) is 23.3 Å². The number of hydrogen-bond donors (Lipinski definition) is 1. The molecule has 0 atom stereocenters. The first-order chi connectivity index (χ1) is 9.81. The summed E-state index contributed by atoms with van der Waals surface area (Å²) in [5.74, 6) is 0. The van der Waals surface area contributed by atoms with Crippen molar-refractivity contribution < 1.29 is 0 Å². The van der Waals surface area contributed by atoms with E-state index in [0.717, 1.165) is 28.0 Å². The van der Waals surface area contributed by atoms with Crippen LogP contribution < -0.4 is 0 Å². The van der Waals surface area contributed by atoms with Gasteiger partial charge in [0, 0.05) is 30.6 Å². The van der Waals surface area contributed by atoms with Crippen LogP contribution in [0.5, 0.6) is 0 Å². The fourth-order valence-electron chi connectivity index (χ4n) is 2.21. The highest BCUT2D eigenvalue weighted by Gasteiger charge is 2.12. The van der Waals surface area contributed by atoms with Gasteiger partial charge in [0.05, 0.1) is 41.7 Å². The second-order valence-electron chi connectivity index (χ2n) is 4.53. The summed E-state index contributed by atoms with van der Waals surface area (Å²) in [6.45, 7) is 0. The van der Waals surface area contributed by atoms with Crippen LogP contribution in [-0.4, -0.2) is 34.6 Å². The Morgan fingerprint density at radius 1 is 1.10 bits per heavy atom. The van der Waals surface area contributed by atoms with Gasteiger partial charge in [-0.1, -0.05) is 0 Å². The average Bonchev–Trinajstić information content (AvgIpc) is 3.18. The van der Waals surface area contributed by atoms with Crippen molar-refractivity contribution in [1.29, 1.82) is 0 Å². The Labute approximate surface area is 113 Å². The molecule has 0 bridgehead atoms. The van der Waals surface area contributed by atoms with Crippen LogP contribution in [-0.2, 0) is 7.05 Å². The number of aromatic nitrogens is 7. The van der Waals surface area contributed by atoms with Gasteiger partial charge in [0.1, 0.15) is 0 Å². The zero-order valence-electron chi connectivity index (χ0n) is 10.7. The Balaban J connectivity index is 2.00. The van der Waals surface area contributed by atoms with Crippen LogP contribution in [0.3, 0.4) is 0 Å². The van der Waals surface area contributed by atoms with E-state index in [0.29, 0.717) is 0 Å². The van der Waals surface area contributed by atoms with Gasteiger partial charge in [-0.15, -0.1) is 0 Å². The van der Waals surface area contributed by atoms with Gasteiger partial charge >= 0.3 is 0 Å². The number of aromatic amines is 1. The van der Waals surface area contributed by atoms with E-state index in [1.165, 1.54) is 0 Å². The lowest BCUT2D eigenvalue weighted by molar-refractivity contribution is 0.768. The van der Waals surface area contributed by atoms with Crippen LogP contribution in [0.15, 0.2) is 43.2 Å². The molecular weight excluding hydrogens is 254 g/mol. The normalized spacial score (nSPS) is 11.2. The number of fused-ring (bicyclic) bond motifs is 1. The molecule has 4 aromatic rings. The minimum Gasteiger partial charge on any atom is -0.285 e. The van der Waals surface area contributed by atoms with Gasteiger partial charge in [-0.25, -0.2) is 9.50 Å². The van der Waals surface area contributed by atoms with Gasteiger partial charge in [0.2, 0.25) is 0 Å². The summed E-state index contributed by atoms with van der Waals surface area (Å²) >= 11 is 0. The molecule has 4 aromatic heterocycles. The van der Waals surface area contributed by atoms with Crippen molar-refractivity contribution >= 4 is 5.52 Å². The minimum atomic E-state index is 0.825. The van der Waals surface area contributed by atoms with Gasteiger partial charge in [-0.2, -0.15) is 15.3 Å². The number of nitrogens with one attached hydrogen (secondary N) is 1. The molecule has 0 aliphatic heterocycles. The molecule has 98 valence electrons. The first-order valence-corrected chi connectivity index (χ1v) is 6.14. The smallest absolute Gasteiger partial charge is 0.0999 e. The number of rotatable bonds is 2. The summed E-state index contributed by atoms with van der Waals surface area (Å²) in [6, 6.07) is 1.93. The Morgan fingerprint density at radius 3 is 2.80 bits per heavy atom. The molecule has 0 saturated carbocycles. The third-order valence-corrected chi connectivity index (χ3v) is 3.16. The molecule has 0 radical (unpaired) electrons. The molecule has 0 spiro atoms. The van der Waals surface area contributed by atoms with Crippen molar-refractivity contribution in [3.63, 3.8) is 0 Å². The van der Waals surface area contributed by atoms with Crippen molar-refractivity contribution in [3.8, 4) is 22.5 Å². The van der Waals surface area contributed by atoms with E-state index >= 15 is 0 Å². The molecule has 0 aromatic carbocycles. The number of hydrogen-bond acceptors (Lipinski definition) is 4. The molecule has 1 N–H and O–H groups in total. The van der Waals surface area contributed by atoms with Crippen molar-refractivity contribution in [2.24, 2.45) is 7.05 Å². The van der Waals surface area contributed by atoms with Crippen LogP contribution >= 0.6 is 0 Å². The second-order valence-corrected chi connectivity index (χ2v) is 4.53. The highest BCUT2D eigenvalue weighted by atomic mass is 15.2. The number of aryl methyl sites for hydroxylation is 1. The van der Waals surface area contributed by atoms with E-state index in [-0.39, 0.29) is 0 Å². The van der Waals surface area contributed by atoms with Crippen molar-refractivity contribution in [3.05, 3.63) is 43.2 Å². The molecule has 4 rings (SSSR count). The zero-order valence-corrected chi connectivity index (χ0v) is 10.7. The average molecular weight is 265 g/mol. The predicted octanol–water partition coefficient (Wildman–Crippen LogP) is 1.52. The Kier molecular flexibility index (Phi) is 2.19. The first kappa shape index (κ1) is 10.9. The largest absolute Gasteiger partial charge is 0.285 e. The second kappa shape index (κ2) is 4.02. The summed E-state index contributed by atoms with van der Waals surface area (Å²) < 4.78 is 3.57. The van der Waals surface area contributed by atoms with Crippen LogP contribution in [0.25, 0.3) is 28.0 Å². The summed E-state index contributed by atoms with van der Waals surface area (Å²) in [4.78, 5) is 4.72. The Bertz CT molecular complexity index is 869. The third kappa shape index (κ3) is 1.60. The molecule has 0 aliphatic rings. The maximum absolute atomic E-state index is 4.72. The SMILES string of the molecule is Cn1cc(-c2cn3nccc3c(-c3cn[nH]c3)n2)cn1. The third-order valence-electron chi connectivity index (χ3n) is 3.16. The van der Waals surface area contributed by atoms with Crippen LogP contribution in [0.2, 0.25) is 0 Å². The van der Waals surface area contributed by atoms with Crippen LogP contribution in [0.1, 0.15) is 0 Å². The molecule has 0 amide bonds. The molecule has 0 aliphatic carbocycles. The minimum absolute atomic E-state index is 0.825. The topological polar surface area (TPSA) is 76.7 Å². The van der Waals surface area contributed by atoms with E-state index in [2.05, 4.69) is 20.4 Å². The molecule has 0 unspecified atom stereocenters. The fraction of sp³-hybridized carbons (Fsp3) is 0.0769. The van der Waals surface area contributed by atoms with E-state index in [1.807, 2.05) is 36.2 Å². The van der Waals surface area contributed by atoms with Gasteiger partial charge < -0.3 is 0 Å². The van der Waals surface area contributed by atoms with Crippen molar-refractivity contribution in [2.75, 3.05) is 0 Å². The Hall–Kier alpha value is -2.96. The Morgan fingerprint density at radius 2 is 2.05 bits per heavy atom. The molecule has 0 saturated heterocycles. The highest BCUT2D eigenvalue weighted by molar-refractivity contribution is 5.78. The lowest BCUT2D eigenvalue weighted by atomic mass is 10.2. The summed E-state index contributed by atoms with van der Waals surface area (Å²) in [7, 11) is 1.88. The van der Waals surface area contributed by atoms with Gasteiger partial charge in [-0.05, 0) is 6.07 Å².